The van der Waals surface area contributed by atoms with Crippen LogP contribution in [0.25, 0.3) is 10.9 Å². The number of fused-ring (bicyclic) bond motifs is 1. The van der Waals surface area contributed by atoms with Crippen molar-refractivity contribution >= 4 is 16.8 Å². The number of carbonyl (C=O) groups excluding carboxylic acids is 1. The van der Waals surface area contributed by atoms with E-state index in [4.69, 9.17) is 0 Å². The van der Waals surface area contributed by atoms with Crippen molar-refractivity contribution in [1.29, 1.82) is 0 Å². The Hall–Kier alpha value is -3.26. The summed E-state index contributed by atoms with van der Waals surface area (Å²) in [5, 5.41) is 0.407. The van der Waals surface area contributed by atoms with Gasteiger partial charge in [0.05, 0.1) is 10.9 Å². The molecule has 0 aliphatic carbocycles. The number of amides is 1. The van der Waals surface area contributed by atoms with Gasteiger partial charge in [0.25, 0.3) is 11.5 Å². The molecule has 3 heterocycles. The van der Waals surface area contributed by atoms with E-state index in [9.17, 15) is 14.4 Å². The van der Waals surface area contributed by atoms with Crippen molar-refractivity contribution in [3.63, 3.8) is 0 Å². The van der Waals surface area contributed by atoms with Crippen molar-refractivity contribution in [2.75, 3.05) is 26.2 Å². The molecule has 0 unspecified atom stereocenters. The van der Waals surface area contributed by atoms with Gasteiger partial charge in [-0.05, 0) is 36.8 Å². The van der Waals surface area contributed by atoms with Gasteiger partial charge in [0.1, 0.15) is 0 Å². The lowest BCUT2D eigenvalue weighted by atomic mass is 10.1. The maximum absolute atomic E-state index is 12.9. The standard InChI is InChI=1S/C21H23N5O3/c1-2-26-20(28)17-6-5-16(12-18(17)23-21(26)29)19(27)25-10-8-24(9-11-25)14-15-4-3-7-22-13-15/h3-7,12-13H,2,8-11,14H2,1H3,(H,23,29). The van der Waals surface area contributed by atoms with Gasteiger partial charge in [-0.1, -0.05) is 6.07 Å². The number of hydrogen-bond donors (Lipinski definition) is 1. The molecule has 0 saturated carbocycles. The minimum absolute atomic E-state index is 0.0894. The van der Waals surface area contributed by atoms with Gasteiger partial charge >= 0.3 is 5.69 Å². The molecule has 3 aromatic rings. The Morgan fingerprint density at radius 1 is 1.14 bits per heavy atom. The predicted molar refractivity (Wildman–Crippen MR) is 110 cm³/mol. The van der Waals surface area contributed by atoms with E-state index in [1.165, 1.54) is 0 Å². The van der Waals surface area contributed by atoms with Crippen LogP contribution < -0.4 is 11.2 Å². The highest BCUT2D eigenvalue weighted by atomic mass is 16.2. The van der Waals surface area contributed by atoms with Gasteiger partial charge in [0.15, 0.2) is 0 Å². The average Bonchev–Trinajstić information content (AvgIpc) is 2.74. The topological polar surface area (TPSA) is 91.3 Å². The lowest BCUT2D eigenvalue weighted by Gasteiger charge is -2.34. The van der Waals surface area contributed by atoms with E-state index in [1.54, 1.807) is 31.3 Å². The van der Waals surface area contributed by atoms with Crippen molar-refractivity contribution < 1.29 is 4.79 Å². The number of piperazine rings is 1. The Kier molecular flexibility index (Phi) is 5.26. The highest BCUT2D eigenvalue weighted by Gasteiger charge is 2.22. The van der Waals surface area contributed by atoms with E-state index < -0.39 is 5.69 Å². The number of H-pyrrole nitrogens is 1. The molecule has 8 heteroatoms. The van der Waals surface area contributed by atoms with Gasteiger partial charge in [-0.15, -0.1) is 0 Å². The summed E-state index contributed by atoms with van der Waals surface area (Å²) in [6.07, 6.45) is 3.62. The lowest BCUT2D eigenvalue weighted by molar-refractivity contribution is 0.0628. The van der Waals surface area contributed by atoms with Gasteiger partial charge in [0, 0.05) is 57.2 Å². The van der Waals surface area contributed by atoms with E-state index in [1.807, 2.05) is 23.2 Å². The molecule has 1 fully saturated rings. The molecular formula is C21H23N5O3. The van der Waals surface area contributed by atoms with Crippen LogP contribution in [0.3, 0.4) is 0 Å². The number of pyridine rings is 1. The summed E-state index contributed by atoms with van der Waals surface area (Å²) in [5.74, 6) is -0.0894. The van der Waals surface area contributed by atoms with Gasteiger partial charge < -0.3 is 9.88 Å². The molecule has 1 saturated heterocycles. The Bertz CT molecular complexity index is 1140. The molecule has 1 amide bonds. The SMILES string of the molecule is CCn1c(=O)[nH]c2cc(C(=O)N3CCN(Cc4cccnc4)CC3)ccc2c1=O. The maximum Gasteiger partial charge on any atom is 0.328 e. The first kappa shape index (κ1) is 19.1. The van der Waals surface area contributed by atoms with E-state index in [0.717, 1.165) is 29.8 Å². The minimum atomic E-state index is -0.460. The van der Waals surface area contributed by atoms with Crippen LogP contribution in [0, 0.1) is 0 Å². The fourth-order valence-corrected chi connectivity index (χ4v) is 3.72. The van der Waals surface area contributed by atoms with Crippen LogP contribution in [-0.2, 0) is 13.1 Å². The van der Waals surface area contributed by atoms with Crippen molar-refractivity contribution in [3.8, 4) is 0 Å². The number of rotatable bonds is 4. The van der Waals surface area contributed by atoms with Gasteiger partial charge in [-0.3, -0.25) is 24.0 Å². The monoisotopic (exact) mass is 393 g/mol. The lowest BCUT2D eigenvalue weighted by Crippen LogP contribution is -2.48. The quantitative estimate of drug-likeness (QED) is 0.716. The number of carbonyl (C=O) groups is 1. The van der Waals surface area contributed by atoms with Crippen LogP contribution >= 0.6 is 0 Å². The minimum Gasteiger partial charge on any atom is -0.336 e. The molecule has 1 aliphatic rings. The van der Waals surface area contributed by atoms with E-state index in [-0.39, 0.29) is 11.5 Å². The molecule has 150 valence electrons. The summed E-state index contributed by atoms with van der Waals surface area (Å²) in [6, 6.07) is 8.85. The summed E-state index contributed by atoms with van der Waals surface area (Å²) in [7, 11) is 0. The molecule has 0 bridgehead atoms. The largest absolute Gasteiger partial charge is 0.336 e. The van der Waals surface area contributed by atoms with Crippen molar-refractivity contribution in [2.24, 2.45) is 0 Å². The van der Waals surface area contributed by atoms with Crippen molar-refractivity contribution in [1.82, 2.24) is 24.3 Å². The van der Waals surface area contributed by atoms with Crippen LogP contribution in [0.5, 0.6) is 0 Å². The zero-order valence-corrected chi connectivity index (χ0v) is 16.3. The second kappa shape index (κ2) is 8.00. The number of benzene rings is 1. The molecule has 29 heavy (non-hydrogen) atoms. The van der Waals surface area contributed by atoms with Crippen LogP contribution in [0.4, 0.5) is 0 Å². The highest BCUT2D eigenvalue weighted by Crippen LogP contribution is 2.14. The third-order valence-electron chi connectivity index (χ3n) is 5.33. The maximum atomic E-state index is 12.9. The molecule has 0 spiro atoms. The first-order chi connectivity index (χ1) is 14.1. The first-order valence-corrected chi connectivity index (χ1v) is 9.74. The van der Waals surface area contributed by atoms with Gasteiger partial charge in [-0.25, -0.2) is 4.79 Å². The van der Waals surface area contributed by atoms with Crippen molar-refractivity contribution in [2.45, 2.75) is 20.0 Å². The predicted octanol–water partition coefficient (Wildman–Crippen LogP) is 1.06. The molecule has 0 radical (unpaired) electrons. The molecule has 4 rings (SSSR count). The summed E-state index contributed by atoms with van der Waals surface area (Å²) < 4.78 is 1.14. The van der Waals surface area contributed by atoms with E-state index >= 15 is 0 Å². The fourth-order valence-electron chi connectivity index (χ4n) is 3.72. The Labute approximate surface area is 167 Å². The van der Waals surface area contributed by atoms with Gasteiger partial charge in [-0.2, -0.15) is 0 Å². The number of aromatic nitrogens is 3. The first-order valence-electron chi connectivity index (χ1n) is 9.74. The molecular weight excluding hydrogens is 370 g/mol. The average molecular weight is 393 g/mol. The van der Waals surface area contributed by atoms with Crippen LogP contribution in [0.2, 0.25) is 0 Å². The summed E-state index contributed by atoms with van der Waals surface area (Å²) in [5.41, 5.74) is 1.23. The van der Waals surface area contributed by atoms with Crippen LogP contribution in [0.15, 0.2) is 52.3 Å². The number of nitrogens with one attached hydrogen (secondary N) is 1. The molecule has 1 aliphatic heterocycles. The normalized spacial score (nSPS) is 15.0. The van der Waals surface area contributed by atoms with E-state index in [2.05, 4.69) is 14.9 Å². The Morgan fingerprint density at radius 2 is 1.93 bits per heavy atom. The Morgan fingerprint density at radius 3 is 2.62 bits per heavy atom. The smallest absolute Gasteiger partial charge is 0.328 e. The molecule has 0 atom stereocenters. The summed E-state index contributed by atoms with van der Waals surface area (Å²) >= 11 is 0. The van der Waals surface area contributed by atoms with Gasteiger partial charge in [0.2, 0.25) is 0 Å². The van der Waals surface area contributed by atoms with Crippen molar-refractivity contribution in [3.05, 3.63) is 74.7 Å². The molecule has 2 aromatic heterocycles. The molecule has 1 aromatic carbocycles. The molecule has 8 nitrogen and oxygen atoms in total. The second-order valence-electron chi connectivity index (χ2n) is 7.17. The summed E-state index contributed by atoms with van der Waals surface area (Å²) in [6.45, 7) is 5.69. The third kappa shape index (κ3) is 3.84. The molecule has 1 N–H and O–H groups in total. The third-order valence-corrected chi connectivity index (χ3v) is 5.33. The number of nitrogens with zero attached hydrogens (tertiary/aromatic N) is 4. The Balaban J connectivity index is 1.48. The second-order valence-corrected chi connectivity index (χ2v) is 7.17. The zero-order valence-electron chi connectivity index (χ0n) is 16.3. The zero-order chi connectivity index (χ0) is 20.4. The van der Waals surface area contributed by atoms with E-state index in [0.29, 0.717) is 36.1 Å². The van der Waals surface area contributed by atoms with Crippen LogP contribution in [0.1, 0.15) is 22.8 Å². The number of aromatic amines is 1. The number of hydrogen-bond acceptors (Lipinski definition) is 5. The van der Waals surface area contributed by atoms with Crippen LogP contribution in [-0.4, -0.2) is 56.4 Å². The summed E-state index contributed by atoms with van der Waals surface area (Å²) in [4.78, 5) is 48.3. The highest BCUT2D eigenvalue weighted by molar-refractivity contribution is 5.97. The fraction of sp³-hybridized carbons (Fsp3) is 0.333.